The fraction of sp³-hybridized carbons (Fsp3) is 0.714. The van der Waals surface area contributed by atoms with Crippen molar-refractivity contribution < 1.29 is 9.59 Å². The first-order valence-electron chi connectivity index (χ1n) is 3.83. The molecule has 0 aromatic rings. The van der Waals surface area contributed by atoms with Gasteiger partial charge >= 0.3 is 0 Å². The van der Waals surface area contributed by atoms with Gasteiger partial charge in [-0.3, -0.25) is 4.79 Å². The van der Waals surface area contributed by atoms with Gasteiger partial charge in [0.15, 0.2) is 6.04 Å². The fourth-order valence-electron chi connectivity index (χ4n) is 1.54. The number of amides is 1. The molecule has 0 bridgehead atoms. The number of hydrogen-bond acceptors (Lipinski definition) is 4. The molecule has 2 heterocycles. The highest BCUT2D eigenvalue weighted by molar-refractivity contribution is 8.00. The van der Waals surface area contributed by atoms with E-state index in [-0.39, 0.29) is 11.3 Å². The number of isocyanates is 1. The fourth-order valence-corrected chi connectivity index (χ4v) is 2.82. The molecule has 2 fully saturated rings. The maximum absolute atomic E-state index is 11.2. The summed E-state index contributed by atoms with van der Waals surface area (Å²) in [6.45, 7) is 0.821. The van der Waals surface area contributed by atoms with Crippen LogP contribution in [0.2, 0.25) is 0 Å². The molecule has 5 heteroatoms. The lowest BCUT2D eigenvalue weighted by Gasteiger charge is -2.46. The van der Waals surface area contributed by atoms with Gasteiger partial charge in [-0.1, -0.05) is 0 Å². The van der Waals surface area contributed by atoms with Gasteiger partial charge in [0.1, 0.15) is 5.37 Å². The Balaban J connectivity index is 2.10. The molecule has 2 aliphatic heterocycles. The average molecular weight is 184 g/mol. The van der Waals surface area contributed by atoms with Crippen molar-refractivity contribution in [1.82, 2.24) is 4.90 Å². The summed E-state index contributed by atoms with van der Waals surface area (Å²) >= 11 is 1.70. The van der Waals surface area contributed by atoms with E-state index in [0.717, 1.165) is 18.7 Å². The summed E-state index contributed by atoms with van der Waals surface area (Å²) in [4.78, 5) is 26.4. The Labute approximate surface area is 74.0 Å². The van der Waals surface area contributed by atoms with E-state index < -0.39 is 6.04 Å². The monoisotopic (exact) mass is 184 g/mol. The molecule has 0 aliphatic carbocycles. The van der Waals surface area contributed by atoms with Gasteiger partial charge in [-0.05, 0) is 12.2 Å². The zero-order valence-electron chi connectivity index (χ0n) is 6.40. The zero-order valence-corrected chi connectivity index (χ0v) is 7.21. The molecule has 2 saturated heterocycles. The van der Waals surface area contributed by atoms with E-state index in [2.05, 4.69) is 4.99 Å². The second kappa shape index (κ2) is 2.92. The van der Waals surface area contributed by atoms with E-state index in [4.69, 9.17) is 0 Å². The third-order valence-corrected chi connectivity index (χ3v) is 3.52. The van der Waals surface area contributed by atoms with Crippen LogP contribution < -0.4 is 0 Å². The van der Waals surface area contributed by atoms with Crippen molar-refractivity contribution in [3.63, 3.8) is 0 Å². The van der Waals surface area contributed by atoms with Crippen LogP contribution in [0.5, 0.6) is 0 Å². The predicted octanol–water partition coefficient (Wildman–Crippen LogP) is -0.00400. The van der Waals surface area contributed by atoms with E-state index in [9.17, 15) is 9.59 Å². The lowest BCUT2D eigenvalue weighted by atomic mass is 10.1. The molecule has 1 unspecified atom stereocenters. The molecular formula is C7H8N2O2S. The number of hydrogen-bond donors (Lipinski definition) is 0. The highest BCUT2D eigenvalue weighted by atomic mass is 32.2. The molecular weight excluding hydrogens is 176 g/mol. The van der Waals surface area contributed by atoms with Crippen molar-refractivity contribution in [3.8, 4) is 0 Å². The molecule has 1 amide bonds. The second-order valence-electron chi connectivity index (χ2n) is 2.81. The first kappa shape index (κ1) is 7.83. The molecule has 2 aliphatic rings. The third-order valence-electron chi connectivity index (χ3n) is 2.14. The number of aliphatic imine (C=N–C) groups is 1. The van der Waals surface area contributed by atoms with Crippen LogP contribution in [0.25, 0.3) is 0 Å². The van der Waals surface area contributed by atoms with E-state index >= 15 is 0 Å². The van der Waals surface area contributed by atoms with Crippen molar-refractivity contribution in [2.75, 3.05) is 12.3 Å². The number of rotatable bonds is 1. The molecule has 0 spiro atoms. The van der Waals surface area contributed by atoms with Gasteiger partial charge in [-0.25, -0.2) is 4.79 Å². The molecule has 4 nitrogen and oxygen atoms in total. The maximum atomic E-state index is 11.2. The Morgan fingerprint density at radius 2 is 2.50 bits per heavy atom. The molecule has 2 rings (SSSR count). The SMILES string of the molecule is O=C=NC1C(=O)N2CCCS[C@@H]12. The van der Waals surface area contributed by atoms with Crippen LogP contribution in [0.1, 0.15) is 6.42 Å². The van der Waals surface area contributed by atoms with Crippen molar-refractivity contribution in [2.45, 2.75) is 17.8 Å². The summed E-state index contributed by atoms with van der Waals surface area (Å²) in [5.41, 5.74) is 0. The van der Waals surface area contributed by atoms with E-state index in [1.54, 1.807) is 16.7 Å². The second-order valence-corrected chi connectivity index (χ2v) is 4.04. The molecule has 2 atom stereocenters. The molecule has 64 valence electrons. The van der Waals surface area contributed by atoms with Gasteiger partial charge < -0.3 is 4.90 Å². The van der Waals surface area contributed by atoms with E-state index in [0.29, 0.717) is 0 Å². The number of β-lactam (4-membered cyclic amide) rings is 1. The predicted molar refractivity (Wildman–Crippen MR) is 44.5 cm³/mol. The number of fused-ring (bicyclic) bond motifs is 1. The lowest BCUT2D eigenvalue weighted by molar-refractivity contribution is -0.144. The van der Waals surface area contributed by atoms with Crippen LogP contribution in [-0.2, 0) is 9.59 Å². The highest BCUT2D eigenvalue weighted by Crippen LogP contribution is 2.35. The summed E-state index contributed by atoms with van der Waals surface area (Å²) in [5.74, 6) is 1.04. The number of carbonyl (C=O) groups excluding carboxylic acids is 2. The highest BCUT2D eigenvalue weighted by Gasteiger charge is 2.48. The van der Waals surface area contributed by atoms with Crippen LogP contribution in [-0.4, -0.2) is 40.6 Å². The largest absolute Gasteiger partial charge is 0.326 e. The van der Waals surface area contributed by atoms with Gasteiger partial charge in [0, 0.05) is 6.54 Å². The standard InChI is InChI=1S/C7H8N2O2S/c10-4-8-5-6(11)9-2-1-3-12-7(5)9/h5,7H,1-3H2/t5?,7-/m0/s1. The van der Waals surface area contributed by atoms with Crippen LogP contribution in [0.15, 0.2) is 4.99 Å². The molecule has 0 radical (unpaired) electrons. The van der Waals surface area contributed by atoms with E-state index in [1.807, 2.05) is 0 Å². The maximum Gasteiger partial charge on any atom is 0.252 e. The minimum atomic E-state index is -0.437. The van der Waals surface area contributed by atoms with Gasteiger partial charge in [-0.2, -0.15) is 4.99 Å². The number of thioether (sulfide) groups is 1. The first-order chi connectivity index (χ1) is 5.84. The Kier molecular flexibility index (Phi) is 1.90. The normalized spacial score (nSPS) is 33.3. The van der Waals surface area contributed by atoms with E-state index in [1.165, 1.54) is 6.08 Å². The summed E-state index contributed by atoms with van der Waals surface area (Å²) in [6, 6.07) is -0.437. The summed E-state index contributed by atoms with van der Waals surface area (Å²) in [6.07, 6.45) is 2.49. The quantitative estimate of drug-likeness (QED) is 0.327. The zero-order chi connectivity index (χ0) is 8.55. The van der Waals surface area contributed by atoms with Crippen LogP contribution >= 0.6 is 11.8 Å². The Morgan fingerprint density at radius 3 is 3.25 bits per heavy atom. The van der Waals surface area contributed by atoms with Crippen molar-refractivity contribution in [1.29, 1.82) is 0 Å². The number of carbonyl (C=O) groups is 1. The average Bonchev–Trinajstić information content (AvgIpc) is 2.13. The minimum absolute atomic E-state index is 0.0180. The minimum Gasteiger partial charge on any atom is -0.326 e. The topological polar surface area (TPSA) is 49.7 Å². The summed E-state index contributed by atoms with van der Waals surface area (Å²) < 4.78 is 0. The van der Waals surface area contributed by atoms with Gasteiger partial charge in [0.05, 0.1) is 0 Å². The molecule has 0 aromatic carbocycles. The summed E-state index contributed by atoms with van der Waals surface area (Å²) in [7, 11) is 0. The molecule has 0 N–H and O–H groups in total. The van der Waals surface area contributed by atoms with Crippen molar-refractivity contribution in [2.24, 2.45) is 4.99 Å². The Hall–Kier alpha value is -0.800. The lowest BCUT2D eigenvalue weighted by Crippen LogP contribution is -2.63. The van der Waals surface area contributed by atoms with Crippen molar-refractivity contribution in [3.05, 3.63) is 0 Å². The van der Waals surface area contributed by atoms with Crippen LogP contribution in [0.3, 0.4) is 0 Å². The Morgan fingerprint density at radius 1 is 1.67 bits per heavy atom. The Bertz CT molecular complexity index is 262. The molecule has 12 heavy (non-hydrogen) atoms. The summed E-state index contributed by atoms with van der Waals surface area (Å²) in [5, 5.41) is 0.118. The first-order valence-corrected chi connectivity index (χ1v) is 4.88. The molecule has 0 aromatic heterocycles. The number of nitrogens with zero attached hydrogens (tertiary/aromatic N) is 2. The van der Waals surface area contributed by atoms with Gasteiger partial charge in [-0.15, -0.1) is 11.8 Å². The van der Waals surface area contributed by atoms with Gasteiger partial charge in [0.25, 0.3) is 5.91 Å². The smallest absolute Gasteiger partial charge is 0.252 e. The van der Waals surface area contributed by atoms with Gasteiger partial charge in [0.2, 0.25) is 6.08 Å². The molecule has 0 saturated carbocycles. The third kappa shape index (κ3) is 0.974. The van der Waals surface area contributed by atoms with Crippen LogP contribution in [0.4, 0.5) is 0 Å². The van der Waals surface area contributed by atoms with Crippen LogP contribution in [0, 0.1) is 0 Å². The van der Waals surface area contributed by atoms with Crippen molar-refractivity contribution >= 4 is 23.7 Å².